The molecule has 2 N–H and O–H groups in total. The van der Waals surface area contributed by atoms with Gasteiger partial charge in [-0.25, -0.2) is 13.6 Å². The van der Waals surface area contributed by atoms with Crippen molar-refractivity contribution in [2.45, 2.75) is 37.6 Å². The van der Waals surface area contributed by atoms with E-state index in [1.807, 2.05) is 6.92 Å². The summed E-state index contributed by atoms with van der Waals surface area (Å²) in [7, 11) is -3.95. The van der Waals surface area contributed by atoms with E-state index in [1.54, 1.807) is 4.90 Å². The van der Waals surface area contributed by atoms with Gasteiger partial charge in [0.1, 0.15) is 4.90 Å². The molecule has 0 saturated carbocycles. The molecule has 116 valence electrons. The van der Waals surface area contributed by atoms with E-state index in [4.69, 9.17) is 16.7 Å². The smallest absolute Gasteiger partial charge is 0.254 e. The van der Waals surface area contributed by atoms with E-state index >= 15 is 0 Å². The lowest BCUT2D eigenvalue weighted by Crippen LogP contribution is -2.45. The molecule has 0 bridgehead atoms. The Labute approximate surface area is 130 Å². The van der Waals surface area contributed by atoms with Crippen LogP contribution in [0, 0.1) is 5.92 Å². The van der Waals surface area contributed by atoms with Gasteiger partial charge in [-0.15, -0.1) is 0 Å². The molecule has 21 heavy (non-hydrogen) atoms. The third-order valence-electron chi connectivity index (χ3n) is 3.86. The average Bonchev–Trinajstić information content (AvgIpc) is 2.40. The molecule has 1 fully saturated rings. The number of carbonyl (C=O) groups excluding carboxylic acids is 1. The molecule has 0 spiro atoms. The Bertz CT molecular complexity index is 660. The van der Waals surface area contributed by atoms with Gasteiger partial charge in [0.15, 0.2) is 0 Å². The Balaban J connectivity index is 2.36. The SMILES string of the molecule is CC1CCC(C)N(C(=O)c2ccc(Cl)c(S(N)(=O)=O)c2)C1. The molecule has 1 amide bonds. The maximum Gasteiger partial charge on any atom is 0.254 e. The lowest BCUT2D eigenvalue weighted by Gasteiger charge is -2.37. The topological polar surface area (TPSA) is 80.5 Å². The number of nitrogens with zero attached hydrogens (tertiary/aromatic N) is 1. The molecule has 2 rings (SSSR count). The van der Waals surface area contributed by atoms with Crippen LogP contribution in [0.1, 0.15) is 37.0 Å². The van der Waals surface area contributed by atoms with Gasteiger partial charge >= 0.3 is 0 Å². The van der Waals surface area contributed by atoms with Gasteiger partial charge in [-0.05, 0) is 43.9 Å². The molecule has 0 radical (unpaired) electrons. The molecule has 0 aromatic heterocycles. The normalized spacial score (nSPS) is 23.1. The number of rotatable bonds is 2. The highest BCUT2D eigenvalue weighted by molar-refractivity contribution is 7.89. The molecule has 1 aromatic carbocycles. The second-order valence-corrected chi connectivity index (χ2v) is 7.62. The number of primary sulfonamides is 1. The fourth-order valence-electron chi connectivity index (χ4n) is 2.59. The fourth-order valence-corrected chi connectivity index (χ4v) is 3.66. The first kappa shape index (κ1) is 16.3. The summed E-state index contributed by atoms with van der Waals surface area (Å²) < 4.78 is 23.0. The second kappa shape index (κ2) is 5.94. The molecule has 1 saturated heterocycles. The Morgan fingerprint density at radius 1 is 1.33 bits per heavy atom. The molecule has 2 atom stereocenters. The summed E-state index contributed by atoms with van der Waals surface area (Å²) in [6, 6.07) is 4.33. The maximum absolute atomic E-state index is 12.6. The summed E-state index contributed by atoms with van der Waals surface area (Å²) in [5.74, 6) is 0.255. The van der Waals surface area contributed by atoms with E-state index in [2.05, 4.69) is 6.92 Å². The lowest BCUT2D eigenvalue weighted by molar-refractivity contribution is 0.0574. The minimum atomic E-state index is -3.95. The summed E-state index contributed by atoms with van der Waals surface area (Å²) in [5.41, 5.74) is 0.296. The fraction of sp³-hybridized carbons (Fsp3) is 0.500. The number of nitrogens with two attached hydrogens (primary N) is 1. The first-order valence-electron chi connectivity index (χ1n) is 6.83. The molecule has 1 aromatic rings. The van der Waals surface area contributed by atoms with Crippen molar-refractivity contribution in [3.8, 4) is 0 Å². The predicted molar refractivity (Wildman–Crippen MR) is 81.7 cm³/mol. The second-order valence-electron chi connectivity index (χ2n) is 5.68. The van der Waals surface area contributed by atoms with Crippen LogP contribution in [0.3, 0.4) is 0 Å². The van der Waals surface area contributed by atoms with Crippen molar-refractivity contribution < 1.29 is 13.2 Å². The standard InChI is InChI=1S/C14H19ClN2O3S/c1-9-3-4-10(2)17(8-9)14(18)11-5-6-12(15)13(7-11)21(16,19)20/h5-7,9-10H,3-4,8H2,1-2H3,(H2,16,19,20). The third-order valence-corrected chi connectivity index (χ3v) is 5.26. The van der Waals surface area contributed by atoms with Crippen molar-refractivity contribution in [3.05, 3.63) is 28.8 Å². The van der Waals surface area contributed by atoms with E-state index < -0.39 is 10.0 Å². The Hall–Kier alpha value is -1.11. The van der Waals surface area contributed by atoms with Gasteiger partial charge in [-0.3, -0.25) is 4.79 Å². The number of carbonyl (C=O) groups is 1. The molecule has 2 unspecified atom stereocenters. The molecular formula is C14H19ClN2O3S. The number of likely N-dealkylation sites (tertiary alicyclic amines) is 1. The number of hydrogen-bond donors (Lipinski definition) is 1. The Morgan fingerprint density at radius 3 is 2.62 bits per heavy atom. The highest BCUT2D eigenvalue weighted by Gasteiger charge is 2.28. The third kappa shape index (κ3) is 3.56. The monoisotopic (exact) mass is 330 g/mol. The summed E-state index contributed by atoms with van der Waals surface area (Å²) >= 11 is 5.84. The van der Waals surface area contributed by atoms with Crippen LogP contribution in [0.15, 0.2) is 23.1 Å². The van der Waals surface area contributed by atoms with Gasteiger partial charge in [0, 0.05) is 18.2 Å². The Kier molecular flexibility index (Phi) is 4.60. The van der Waals surface area contributed by atoms with Crippen LogP contribution < -0.4 is 5.14 Å². The number of amides is 1. The minimum absolute atomic E-state index is 0.0223. The first-order valence-corrected chi connectivity index (χ1v) is 8.76. The van der Waals surface area contributed by atoms with Gasteiger partial charge in [0.2, 0.25) is 10.0 Å². The van der Waals surface area contributed by atoms with Gasteiger partial charge < -0.3 is 4.90 Å². The van der Waals surface area contributed by atoms with Crippen molar-refractivity contribution in [1.29, 1.82) is 0 Å². The number of piperidine rings is 1. The molecular weight excluding hydrogens is 312 g/mol. The maximum atomic E-state index is 12.6. The van der Waals surface area contributed by atoms with Gasteiger partial charge in [-0.2, -0.15) is 0 Å². The molecule has 1 aliphatic rings. The van der Waals surface area contributed by atoms with Crippen LogP contribution in [0.5, 0.6) is 0 Å². The highest BCUT2D eigenvalue weighted by atomic mass is 35.5. The van der Waals surface area contributed by atoms with E-state index in [9.17, 15) is 13.2 Å². The quantitative estimate of drug-likeness (QED) is 0.903. The number of hydrogen-bond acceptors (Lipinski definition) is 3. The molecule has 5 nitrogen and oxygen atoms in total. The van der Waals surface area contributed by atoms with Crippen molar-refractivity contribution in [2.75, 3.05) is 6.54 Å². The summed E-state index contributed by atoms with van der Waals surface area (Å²) in [6.07, 6.45) is 2.04. The van der Waals surface area contributed by atoms with Crippen LogP contribution in [0.25, 0.3) is 0 Å². The van der Waals surface area contributed by atoms with Crippen LogP contribution >= 0.6 is 11.6 Å². The van der Waals surface area contributed by atoms with E-state index in [0.29, 0.717) is 18.0 Å². The van der Waals surface area contributed by atoms with Crippen molar-refractivity contribution in [1.82, 2.24) is 4.90 Å². The highest BCUT2D eigenvalue weighted by Crippen LogP contribution is 2.26. The van der Waals surface area contributed by atoms with Gasteiger partial charge in [-0.1, -0.05) is 18.5 Å². The van der Waals surface area contributed by atoms with Crippen LogP contribution in [0.2, 0.25) is 5.02 Å². The molecule has 1 aliphatic heterocycles. The zero-order chi connectivity index (χ0) is 15.8. The van der Waals surface area contributed by atoms with Crippen molar-refractivity contribution in [2.24, 2.45) is 11.1 Å². The molecule has 7 heteroatoms. The van der Waals surface area contributed by atoms with Gasteiger partial charge in [0.25, 0.3) is 5.91 Å². The molecule has 1 heterocycles. The van der Waals surface area contributed by atoms with E-state index in [1.165, 1.54) is 18.2 Å². The number of sulfonamides is 1. The van der Waals surface area contributed by atoms with E-state index in [-0.39, 0.29) is 21.9 Å². The van der Waals surface area contributed by atoms with Crippen molar-refractivity contribution in [3.63, 3.8) is 0 Å². The van der Waals surface area contributed by atoms with Crippen LogP contribution in [-0.2, 0) is 10.0 Å². The minimum Gasteiger partial charge on any atom is -0.336 e. The summed E-state index contributed by atoms with van der Waals surface area (Å²) in [6.45, 7) is 4.78. The summed E-state index contributed by atoms with van der Waals surface area (Å²) in [4.78, 5) is 14.2. The Morgan fingerprint density at radius 2 is 2.00 bits per heavy atom. The average molecular weight is 331 g/mol. The van der Waals surface area contributed by atoms with Crippen molar-refractivity contribution >= 4 is 27.5 Å². The number of halogens is 1. The number of benzene rings is 1. The van der Waals surface area contributed by atoms with Gasteiger partial charge in [0.05, 0.1) is 5.02 Å². The van der Waals surface area contributed by atoms with E-state index in [0.717, 1.165) is 12.8 Å². The zero-order valence-electron chi connectivity index (χ0n) is 12.0. The summed E-state index contributed by atoms with van der Waals surface area (Å²) in [5, 5.41) is 5.14. The largest absolute Gasteiger partial charge is 0.336 e. The first-order chi connectivity index (χ1) is 9.70. The van der Waals surface area contributed by atoms with Crippen LogP contribution in [0.4, 0.5) is 0 Å². The molecule has 0 aliphatic carbocycles. The predicted octanol–water partition coefficient (Wildman–Crippen LogP) is 2.25. The zero-order valence-corrected chi connectivity index (χ0v) is 13.6. The van der Waals surface area contributed by atoms with Crippen LogP contribution in [-0.4, -0.2) is 31.8 Å². The lowest BCUT2D eigenvalue weighted by atomic mass is 9.94.